The summed E-state index contributed by atoms with van der Waals surface area (Å²) in [6.45, 7) is 3.79. The molecule has 0 saturated carbocycles. The van der Waals surface area contributed by atoms with Gasteiger partial charge in [-0.2, -0.15) is 0 Å². The van der Waals surface area contributed by atoms with Crippen LogP contribution in [0.5, 0.6) is 0 Å². The first-order valence-corrected chi connectivity index (χ1v) is 6.96. The molecule has 0 fully saturated rings. The van der Waals surface area contributed by atoms with Crippen molar-refractivity contribution in [3.05, 3.63) is 27.7 Å². The maximum Gasteiger partial charge on any atom is 0.234 e. The van der Waals surface area contributed by atoms with E-state index in [2.05, 4.69) is 21.2 Å². The van der Waals surface area contributed by atoms with Gasteiger partial charge in [0, 0.05) is 4.47 Å². The first-order chi connectivity index (χ1) is 8.32. The predicted molar refractivity (Wildman–Crippen MR) is 82.9 cm³/mol. The molecule has 1 atom stereocenters. The van der Waals surface area contributed by atoms with Crippen molar-refractivity contribution in [3.8, 4) is 0 Å². The lowest BCUT2D eigenvalue weighted by molar-refractivity contribution is -0.118. The first-order valence-electron chi connectivity index (χ1n) is 5.38. The van der Waals surface area contributed by atoms with Crippen molar-refractivity contribution in [2.45, 2.75) is 13.8 Å². The van der Waals surface area contributed by atoms with Gasteiger partial charge < -0.3 is 11.1 Å². The van der Waals surface area contributed by atoms with Crippen LogP contribution in [0.3, 0.4) is 0 Å². The summed E-state index contributed by atoms with van der Waals surface area (Å²) in [7, 11) is 0. The zero-order chi connectivity index (χ0) is 13.9. The van der Waals surface area contributed by atoms with Gasteiger partial charge in [-0.05, 0) is 24.1 Å². The Balaban J connectivity index is 2.92. The van der Waals surface area contributed by atoms with Gasteiger partial charge >= 0.3 is 0 Å². The van der Waals surface area contributed by atoms with Crippen molar-refractivity contribution in [2.75, 3.05) is 5.32 Å². The molecule has 1 unspecified atom stereocenters. The summed E-state index contributed by atoms with van der Waals surface area (Å²) in [5.74, 6) is -0.707. The van der Waals surface area contributed by atoms with Crippen LogP contribution in [0.15, 0.2) is 22.7 Å². The lowest BCUT2D eigenvalue weighted by Gasteiger charge is -2.19. The minimum absolute atomic E-state index is 0.0356. The average Bonchev–Trinajstić information content (AvgIpc) is 2.22. The molecule has 0 saturated heterocycles. The number of nitrogens with two attached hydrogens (primary N) is 1. The van der Waals surface area contributed by atoms with E-state index < -0.39 is 5.92 Å². The molecule has 1 amide bonds. The van der Waals surface area contributed by atoms with Crippen LogP contribution >= 0.6 is 39.7 Å². The molecule has 0 aromatic heterocycles. The molecule has 0 aliphatic carbocycles. The highest BCUT2D eigenvalue weighted by Crippen LogP contribution is 2.26. The molecule has 98 valence electrons. The topological polar surface area (TPSA) is 55.1 Å². The third-order valence-corrected chi connectivity index (χ3v) is 3.52. The molecule has 18 heavy (non-hydrogen) atoms. The van der Waals surface area contributed by atoms with Gasteiger partial charge in [-0.3, -0.25) is 4.79 Å². The minimum atomic E-state index is -0.505. The SMILES string of the molecule is CC(C)C(C(=O)Nc1cc(Br)ccc1Cl)C(N)=S. The average molecular weight is 350 g/mol. The number of anilines is 1. The third kappa shape index (κ3) is 3.93. The molecule has 1 aromatic rings. The summed E-state index contributed by atoms with van der Waals surface area (Å²) in [5.41, 5.74) is 6.13. The van der Waals surface area contributed by atoms with Crippen molar-refractivity contribution in [2.24, 2.45) is 17.6 Å². The first kappa shape index (κ1) is 15.4. The Morgan fingerprint density at radius 1 is 1.50 bits per heavy atom. The van der Waals surface area contributed by atoms with Gasteiger partial charge in [-0.25, -0.2) is 0 Å². The highest BCUT2D eigenvalue weighted by molar-refractivity contribution is 9.10. The van der Waals surface area contributed by atoms with Crippen LogP contribution in [-0.2, 0) is 4.79 Å². The van der Waals surface area contributed by atoms with Gasteiger partial charge in [0.15, 0.2) is 0 Å². The van der Waals surface area contributed by atoms with E-state index in [0.29, 0.717) is 10.7 Å². The van der Waals surface area contributed by atoms with Crippen molar-refractivity contribution >= 4 is 56.3 Å². The van der Waals surface area contributed by atoms with Gasteiger partial charge in [0.25, 0.3) is 0 Å². The van der Waals surface area contributed by atoms with E-state index in [0.717, 1.165) is 4.47 Å². The number of carbonyl (C=O) groups is 1. The minimum Gasteiger partial charge on any atom is -0.393 e. The zero-order valence-electron chi connectivity index (χ0n) is 10.0. The number of hydrogen-bond donors (Lipinski definition) is 2. The van der Waals surface area contributed by atoms with Gasteiger partial charge in [0.2, 0.25) is 5.91 Å². The third-order valence-electron chi connectivity index (χ3n) is 2.44. The summed E-state index contributed by atoms with van der Waals surface area (Å²) < 4.78 is 0.832. The van der Waals surface area contributed by atoms with Crippen LogP contribution in [0.25, 0.3) is 0 Å². The fourth-order valence-corrected chi connectivity index (χ4v) is 2.47. The molecule has 1 rings (SSSR count). The number of thiocarbonyl (C=S) groups is 1. The van der Waals surface area contributed by atoms with E-state index in [1.807, 2.05) is 13.8 Å². The smallest absolute Gasteiger partial charge is 0.234 e. The Hall–Kier alpha value is -0.650. The number of halogens is 2. The second-order valence-electron chi connectivity index (χ2n) is 4.24. The molecule has 0 aliphatic heterocycles. The van der Waals surface area contributed by atoms with Crippen LogP contribution in [0.4, 0.5) is 5.69 Å². The number of benzene rings is 1. The van der Waals surface area contributed by atoms with E-state index in [9.17, 15) is 4.79 Å². The molecule has 3 N–H and O–H groups in total. The molecular weight excluding hydrogens is 336 g/mol. The Kier molecular flexibility index (Phi) is 5.56. The zero-order valence-corrected chi connectivity index (χ0v) is 13.2. The Morgan fingerprint density at radius 3 is 2.61 bits per heavy atom. The van der Waals surface area contributed by atoms with E-state index >= 15 is 0 Å². The number of amides is 1. The van der Waals surface area contributed by atoms with Crippen molar-refractivity contribution in [1.29, 1.82) is 0 Å². The fourth-order valence-electron chi connectivity index (χ4n) is 1.56. The number of nitrogens with one attached hydrogen (secondary N) is 1. The Morgan fingerprint density at radius 2 is 2.11 bits per heavy atom. The molecular formula is C12H14BrClN2OS. The molecule has 0 bridgehead atoms. The quantitative estimate of drug-likeness (QED) is 0.817. The molecule has 0 radical (unpaired) electrons. The van der Waals surface area contributed by atoms with Crippen LogP contribution in [-0.4, -0.2) is 10.9 Å². The monoisotopic (exact) mass is 348 g/mol. The second-order valence-corrected chi connectivity index (χ2v) is 6.03. The van der Waals surface area contributed by atoms with Crippen LogP contribution < -0.4 is 11.1 Å². The molecule has 0 heterocycles. The van der Waals surface area contributed by atoms with Gasteiger partial charge in [0.05, 0.1) is 21.6 Å². The maximum atomic E-state index is 12.1. The summed E-state index contributed by atoms with van der Waals surface area (Å²) in [6, 6.07) is 5.23. The van der Waals surface area contributed by atoms with Crippen LogP contribution in [0, 0.1) is 11.8 Å². The number of carbonyl (C=O) groups excluding carboxylic acids is 1. The van der Waals surface area contributed by atoms with Gasteiger partial charge in [-0.15, -0.1) is 0 Å². The van der Waals surface area contributed by atoms with E-state index in [4.69, 9.17) is 29.6 Å². The van der Waals surface area contributed by atoms with Gasteiger partial charge in [-0.1, -0.05) is 53.6 Å². The summed E-state index contributed by atoms with van der Waals surface area (Å²) in [6.07, 6.45) is 0. The molecule has 1 aromatic carbocycles. The summed E-state index contributed by atoms with van der Waals surface area (Å²) >= 11 is 14.2. The standard InChI is InChI=1S/C12H14BrClN2OS/c1-6(2)10(11(15)18)12(17)16-9-5-7(13)3-4-8(9)14/h3-6,10H,1-2H3,(H2,15,18)(H,16,17). The summed E-state index contributed by atoms with van der Waals surface area (Å²) in [4.78, 5) is 12.3. The maximum absolute atomic E-state index is 12.1. The van der Waals surface area contributed by atoms with Crippen LogP contribution in [0.2, 0.25) is 5.02 Å². The normalized spacial score (nSPS) is 12.3. The van der Waals surface area contributed by atoms with E-state index in [1.165, 1.54) is 0 Å². The van der Waals surface area contributed by atoms with Crippen molar-refractivity contribution in [1.82, 2.24) is 0 Å². The number of rotatable bonds is 4. The summed E-state index contributed by atoms with van der Waals surface area (Å²) in [5, 5.41) is 3.21. The number of hydrogen-bond acceptors (Lipinski definition) is 2. The van der Waals surface area contributed by atoms with Crippen molar-refractivity contribution in [3.63, 3.8) is 0 Å². The highest BCUT2D eigenvalue weighted by atomic mass is 79.9. The second kappa shape index (κ2) is 6.50. The van der Waals surface area contributed by atoms with Crippen molar-refractivity contribution < 1.29 is 4.79 Å². The Labute approximate surface area is 125 Å². The van der Waals surface area contributed by atoms with E-state index in [1.54, 1.807) is 18.2 Å². The predicted octanol–water partition coefficient (Wildman–Crippen LogP) is 3.60. The molecule has 0 spiro atoms. The lowest BCUT2D eigenvalue weighted by Crippen LogP contribution is -2.36. The lowest BCUT2D eigenvalue weighted by atomic mass is 9.95. The highest BCUT2D eigenvalue weighted by Gasteiger charge is 2.25. The van der Waals surface area contributed by atoms with Crippen LogP contribution in [0.1, 0.15) is 13.8 Å². The largest absolute Gasteiger partial charge is 0.393 e. The molecule has 3 nitrogen and oxygen atoms in total. The molecule has 0 aliphatic rings. The fraction of sp³-hybridized carbons (Fsp3) is 0.333. The molecule has 6 heteroatoms. The van der Waals surface area contributed by atoms with E-state index in [-0.39, 0.29) is 16.8 Å². The van der Waals surface area contributed by atoms with Gasteiger partial charge in [0.1, 0.15) is 0 Å². The Bertz CT molecular complexity index is 479.